The monoisotopic (exact) mass is 341 g/mol. The van der Waals surface area contributed by atoms with E-state index in [2.05, 4.69) is 9.82 Å². The Kier molecular flexibility index (Phi) is 4.22. The lowest BCUT2D eigenvalue weighted by Gasteiger charge is -2.08. The SMILES string of the molecule is COc1ccc(S(=O)(=O)Nc2cnn([C@@H]3CCOC3)c2)cc1F. The highest BCUT2D eigenvalue weighted by atomic mass is 32.2. The number of aromatic nitrogens is 2. The molecule has 1 atom stereocenters. The van der Waals surface area contributed by atoms with Crippen molar-refractivity contribution in [3.05, 3.63) is 36.4 Å². The number of rotatable bonds is 5. The fourth-order valence-electron chi connectivity index (χ4n) is 2.35. The first-order valence-electron chi connectivity index (χ1n) is 6.98. The van der Waals surface area contributed by atoms with Gasteiger partial charge in [-0.25, -0.2) is 12.8 Å². The Hall–Kier alpha value is -2.13. The summed E-state index contributed by atoms with van der Waals surface area (Å²) in [5.41, 5.74) is 0.313. The van der Waals surface area contributed by atoms with Crippen LogP contribution in [0.4, 0.5) is 10.1 Å². The second-order valence-corrected chi connectivity index (χ2v) is 6.81. The van der Waals surface area contributed by atoms with Crippen LogP contribution in [-0.4, -0.2) is 38.5 Å². The molecule has 124 valence electrons. The van der Waals surface area contributed by atoms with E-state index in [9.17, 15) is 12.8 Å². The van der Waals surface area contributed by atoms with Crippen LogP contribution in [0, 0.1) is 5.82 Å². The molecule has 1 fully saturated rings. The summed E-state index contributed by atoms with van der Waals surface area (Å²) in [4.78, 5) is -0.187. The molecule has 1 saturated heterocycles. The van der Waals surface area contributed by atoms with Crippen LogP contribution in [0.25, 0.3) is 0 Å². The number of ether oxygens (including phenoxy) is 2. The molecule has 0 unspecified atom stereocenters. The molecule has 2 heterocycles. The number of nitrogens with zero attached hydrogens (tertiary/aromatic N) is 2. The van der Waals surface area contributed by atoms with Crippen LogP contribution < -0.4 is 9.46 Å². The van der Waals surface area contributed by atoms with Crippen LogP contribution in [0.2, 0.25) is 0 Å². The van der Waals surface area contributed by atoms with Crippen molar-refractivity contribution in [3.63, 3.8) is 0 Å². The Morgan fingerprint density at radius 2 is 2.30 bits per heavy atom. The molecule has 0 spiro atoms. The highest BCUT2D eigenvalue weighted by molar-refractivity contribution is 7.92. The summed E-state index contributed by atoms with van der Waals surface area (Å²) in [5, 5.41) is 4.14. The maximum absolute atomic E-state index is 13.7. The molecule has 2 aromatic rings. The van der Waals surface area contributed by atoms with Crippen LogP contribution in [0.1, 0.15) is 12.5 Å². The van der Waals surface area contributed by atoms with E-state index in [4.69, 9.17) is 9.47 Å². The molecule has 23 heavy (non-hydrogen) atoms. The predicted octanol–water partition coefficient (Wildman–Crippen LogP) is 1.79. The van der Waals surface area contributed by atoms with Gasteiger partial charge in [-0.05, 0) is 24.6 Å². The van der Waals surface area contributed by atoms with Gasteiger partial charge in [0.2, 0.25) is 0 Å². The molecule has 3 rings (SSSR count). The number of anilines is 1. The van der Waals surface area contributed by atoms with Gasteiger partial charge in [-0.15, -0.1) is 0 Å². The summed E-state index contributed by atoms with van der Waals surface area (Å²) in [5.74, 6) is -0.757. The quantitative estimate of drug-likeness (QED) is 0.897. The van der Waals surface area contributed by atoms with Crippen LogP contribution >= 0.6 is 0 Å². The van der Waals surface area contributed by atoms with Crippen molar-refractivity contribution >= 4 is 15.7 Å². The summed E-state index contributed by atoms with van der Waals surface area (Å²) < 4.78 is 52.4. The Bertz CT molecular complexity index is 800. The number of benzene rings is 1. The van der Waals surface area contributed by atoms with E-state index in [0.717, 1.165) is 12.5 Å². The van der Waals surface area contributed by atoms with E-state index < -0.39 is 15.8 Å². The third-order valence-electron chi connectivity index (χ3n) is 3.57. The van der Waals surface area contributed by atoms with Gasteiger partial charge in [0.25, 0.3) is 10.0 Å². The number of sulfonamides is 1. The molecule has 1 aliphatic rings. The van der Waals surface area contributed by atoms with E-state index in [-0.39, 0.29) is 16.7 Å². The average molecular weight is 341 g/mol. The molecule has 0 aliphatic carbocycles. The molecule has 1 aliphatic heterocycles. The van der Waals surface area contributed by atoms with Gasteiger partial charge in [0.1, 0.15) is 0 Å². The summed E-state index contributed by atoms with van der Waals surface area (Å²) in [6.45, 7) is 1.22. The molecule has 0 saturated carbocycles. The second-order valence-electron chi connectivity index (χ2n) is 5.13. The van der Waals surface area contributed by atoms with Crippen LogP contribution in [0.15, 0.2) is 35.5 Å². The standard InChI is InChI=1S/C14H16FN3O4S/c1-21-14-3-2-12(6-13(14)15)23(19,20)17-10-7-16-18(8-10)11-4-5-22-9-11/h2-3,6-8,11,17H,4-5,9H2,1H3/t11-/m1/s1. The smallest absolute Gasteiger partial charge is 0.262 e. The summed E-state index contributed by atoms with van der Waals surface area (Å²) >= 11 is 0. The third-order valence-corrected chi connectivity index (χ3v) is 4.95. The molecule has 1 aromatic carbocycles. The fourth-order valence-corrected chi connectivity index (χ4v) is 3.39. The van der Waals surface area contributed by atoms with Crippen molar-refractivity contribution in [2.24, 2.45) is 0 Å². The minimum atomic E-state index is -3.90. The molecular weight excluding hydrogens is 325 g/mol. The second kappa shape index (κ2) is 6.17. The van der Waals surface area contributed by atoms with Crippen molar-refractivity contribution in [1.82, 2.24) is 9.78 Å². The van der Waals surface area contributed by atoms with Crippen molar-refractivity contribution in [2.45, 2.75) is 17.4 Å². The lowest BCUT2D eigenvalue weighted by Crippen LogP contribution is -2.13. The van der Waals surface area contributed by atoms with Gasteiger partial charge >= 0.3 is 0 Å². The number of hydrogen-bond acceptors (Lipinski definition) is 5. The number of hydrogen-bond donors (Lipinski definition) is 1. The molecule has 0 bridgehead atoms. The highest BCUT2D eigenvalue weighted by Crippen LogP contribution is 2.24. The van der Waals surface area contributed by atoms with Gasteiger partial charge in [0.15, 0.2) is 11.6 Å². The molecule has 0 amide bonds. The first-order valence-corrected chi connectivity index (χ1v) is 8.46. The first-order chi connectivity index (χ1) is 11.0. The molecule has 1 N–H and O–H groups in total. The highest BCUT2D eigenvalue weighted by Gasteiger charge is 2.21. The molecule has 0 radical (unpaired) electrons. The maximum Gasteiger partial charge on any atom is 0.262 e. The van der Waals surface area contributed by atoms with E-state index >= 15 is 0 Å². The number of nitrogens with one attached hydrogen (secondary N) is 1. The van der Waals surface area contributed by atoms with Gasteiger partial charge in [-0.3, -0.25) is 9.40 Å². The summed E-state index contributed by atoms with van der Waals surface area (Å²) in [7, 11) is -2.59. The van der Waals surface area contributed by atoms with E-state index in [0.29, 0.717) is 18.9 Å². The summed E-state index contributed by atoms with van der Waals surface area (Å²) in [6.07, 6.45) is 3.84. The zero-order valence-corrected chi connectivity index (χ0v) is 13.2. The van der Waals surface area contributed by atoms with Gasteiger partial charge in [0.05, 0.1) is 36.5 Å². The topological polar surface area (TPSA) is 82.5 Å². The third kappa shape index (κ3) is 3.30. The van der Waals surface area contributed by atoms with Crippen molar-refractivity contribution in [1.29, 1.82) is 0 Å². The Morgan fingerprint density at radius 1 is 1.48 bits per heavy atom. The fraction of sp³-hybridized carbons (Fsp3) is 0.357. The van der Waals surface area contributed by atoms with E-state index in [1.165, 1.54) is 25.4 Å². The molecule has 9 heteroatoms. The lowest BCUT2D eigenvalue weighted by molar-refractivity contribution is 0.184. The van der Waals surface area contributed by atoms with Crippen LogP contribution in [0.3, 0.4) is 0 Å². The van der Waals surface area contributed by atoms with Crippen LogP contribution in [-0.2, 0) is 14.8 Å². The minimum absolute atomic E-state index is 0.0157. The number of methoxy groups -OCH3 is 1. The Morgan fingerprint density at radius 3 is 2.96 bits per heavy atom. The van der Waals surface area contributed by atoms with Gasteiger partial charge in [0, 0.05) is 12.8 Å². The van der Waals surface area contributed by atoms with E-state index in [1.807, 2.05) is 0 Å². The Labute approximate surface area is 133 Å². The maximum atomic E-state index is 13.7. The molecular formula is C14H16FN3O4S. The minimum Gasteiger partial charge on any atom is -0.494 e. The zero-order valence-electron chi connectivity index (χ0n) is 12.4. The summed E-state index contributed by atoms with van der Waals surface area (Å²) in [6, 6.07) is 3.56. The number of halogens is 1. The lowest BCUT2D eigenvalue weighted by atomic mass is 10.3. The Balaban J connectivity index is 1.79. The van der Waals surface area contributed by atoms with Gasteiger partial charge < -0.3 is 9.47 Å². The largest absolute Gasteiger partial charge is 0.494 e. The van der Waals surface area contributed by atoms with Crippen molar-refractivity contribution in [3.8, 4) is 5.75 Å². The predicted molar refractivity (Wildman–Crippen MR) is 80.5 cm³/mol. The molecule has 1 aromatic heterocycles. The van der Waals surface area contributed by atoms with Crippen molar-refractivity contribution in [2.75, 3.05) is 25.0 Å². The van der Waals surface area contributed by atoms with Gasteiger partial charge in [-0.1, -0.05) is 0 Å². The zero-order chi connectivity index (χ0) is 16.4. The van der Waals surface area contributed by atoms with Crippen LogP contribution in [0.5, 0.6) is 5.75 Å². The van der Waals surface area contributed by atoms with Gasteiger partial charge in [-0.2, -0.15) is 5.10 Å². The first kappa shape index (κ1) is 15.8. The molecule has 7 nitrogen and oxygen atoms in total. The van der Waals surface area contributed by atoms with Crippen molar-refractivity contribution < 1.29 is 22.3 Å². The normalized spacial score (nSPS) is 18.1. The average Bonchev–Trinajstić information content (AvgIpc) is 3.17. The van der Waals surface area contributed by atoms with E-state index in [1.54, 1.807) is 10.9 Å².